The average molecular weight is 340 g/mol. The van der Waals surface area contributed by atoms with Gasteiger partial charge in [-0.25, -0.2) is 18.4 Å². The number of likely N-dealkylation sites (tertiary alicyclic amines) is 1. The van der Waals surface area contributed by atoms with E-state index in [2.05, 4.69) is 10.3 Å². The molecule has 2 heterocycles. The zero-order chi connectivity index (χ0) is 16.9. The lowest BCUT2D eigenvalue weighted by molar-refractivity contribution is 0.174. The van der Waals surface area contributed by atoms with Crippen LogP contribution in [0.4, 0.5) is 4.79 Å². The number of pyridine rings is 1. The first-order valence-electron chi connectivity index (χ1n) is 7.79. The molecule has 1 aromatic rings. The van der Waals surface area contributed by atoms with E-state index in [4.69, 9.17) is 5.14 Å². The first-order valence-corrected chi connectivity index (χ1v) is 9.51. The summed E-state index contributed by atoms with van der Waals surface area (Å²) in [4.78, 5) is 18.2. The minimum atomic E-state index is -3.44. The highest BCUT2D eigenvalue weighted by molar-refractivity contribution is 7.89. The second kappa shape index (κ2) is 7.74. The molecule has 1 saturated heterocycles. The largest absolute Gasteiger partial charge is 0.338 e. The molecule has 1 aromatic heterocycles. The molecule has 0 bridgehead atoms. The van der Waals surface area contributed by atoms with Crippen LogP contribution < -0.4 is 10.5 Å². The van der Waals surface area contributed by atoms with Gasteiger partial charge in [0.15, 0.2) is 0 Å². The van der Waals surface area contributed by atoms with Crippen molar-refractivity contribution in [3.8, 4) is 0 Å². The minimum absolute atomic E-state index is 0.00147. The SMILES string of the molecule is Cc1cccc(CCNC(=O)N2CCC(CS(N)(=O)=O)CC2)n1. The van der Waals surface area contributed by atoms with Gasteiger partial charge in [0.05, 0.1) is 5.75 Å². The highest BCUT2D eigenvalue weighted by Gasteiger charge is 2.25. The van der Waals surface area contributed by atoms with Gasteiger partial charge in [0.1, 0.15) is 0 Å². The molecular formula is C15H24N4O3S. The van der Waals surface area contributed by atoms with E-state index in [1.54, 1.807) is 4.90 Å². The monoisotopic (exact) mass is 340 g/mol. The number of sulfonamides is 1. The van der Waals surface area contributed by atoms with Crippen LogP contribution in [0.15, 0.2) is 18.2 Å². The molecule has 128 valence electrons. The number of hydrogen-bond acceptors (Lipinski definition) is 4. The smallest absolute Gasteiger partial charge is 0.317 e. The van der Waals surface area contributed by atoms with Crippen LogP contribution in [0.25, 0.3) is 0 Å². The molecule has 8 heteroatoms. The van der Waals surface area contributed by atoms with Gasteiger partial charge in [0, 0.05) is 37.4 Å². The first-order chi connectivity index (χ1) is 10.8. The van der Waals surface area contributed by atoms with Crippen molar-refractivity contribution in [1.82, 2.24) is 15.2 Å². The summed E-state index contributed by atoms with van der Waals surface area (Å²) in [6.45, 7) is 3.60. The predicted octanol–water partition coefficient (Wildman–Crippen LogP) is 0.643. The number of carbonyl (C=O) groups excluding carboxylic acids is 1. The van der Waals surface area contributed by atoms with Crippen LogP contribution in [0.2, 0.25) is 0 Å². The van der Waals surface area contributed by atoms with Crippen LogP contribution in [-0.4, -0.2) is 49.7 Å². The van der Waals surface area contributed by atoms with Crippen molar-refractivity contribution >= 4 is 16.1 Å². The third kappa shape index (κ3) is 6.15. The molecule has 0 aromatic carbocycles. The lowest BCUT2D eigenvalue weighted by atomic mass is 9.99. The summed E-state index contributed by atoms with van der Waals surface area (Å²) in [5.41, 5.74) is 1.92. The van der Waals surface area contributed by atoms with Gasteiger partial charge in [-0.15, -0.1) is 0 Å². The van der Waals surface area contributed by atoms with Gasteiger partial charge in [-0.1, -0.05) is 6.07 Å². The summed E-state index contributed by atoms with van der Waals surface area (Å²) in [5.74, 6) is 0.0483. The number of nitrogens with one attached hydrogen (secondary N) is 1. The molecule has 2 amide bonds. The van der Waals surface area contributed by atoms with Crippen molar-refractivity contribution in [3.05, 3.63) is 29.6 Å². The summed E-state index contributed by atoms with van der Waals surface area (Å²) in [6, 6.07) is 5.73. The molecule has 1 aliphatic heterocycles. The van der Waals surface area contributed by atoms with Crippen LogP contribution >= 0.6 is 0 Å². The molecule has 1 aliphatic rings. The fraction of sp³-hybridized carbons (Fsp3) is 0.600. The van der Waals surface area contributed by atoms with Gasteiger partial charge in [-0.2, -0.15) is 0 Å². The molecule has 0 radical (unpaired) electrons. The number of nitrogens with two attached hydrogens (primary N) is 1. The second-order valence-electron chi connectivity index (χ2n) is 6.01. The third-order valence-electron chi connectivity index (χ3n) is 3.97. The van der Waals surface area contributed by atoms with Crippen molar-refractivity contribution in [3.63, 3.8) is 0 Å². The van der Waals surface area contributed by atoms with E-state index in [0.29, 0.717) is 38.9 Å². The Kier molecular flexibility index (Phi) is 5.95. The Labute approximate surface area is 137 Å². The summed E-state index contributed by atoms with van der Waals surface area (Å²) >= 11 is 0. The number of rotatable bonds is 5. The van der Waals surface area contributed by atoms with Crippen LogP contribution in [0.1, 0.15) is 24.2 Å². The van der Waals surface area contributed by atoms with Gasteiger partial charge in [0.2, 0.25) is 10.0 Å². The van der Waals surface area contributed by atoms with E-state index in [1.165, 1.54) is 0 Å². The molecule has 23 heavy (non-hydrogen) atoms. The zero-order valence-corrected chi connectivity index (χ0v) is 14.2. The van der Waals surface area contributed by atoms with Crippen molar-refractivity contribution in [2.24, 2.45) is 11.1 Å². The fourth-order valence-corrected chi connectivity index (χ4v) is 3.77. The van der Waals surface area contributed by atoms with E-state index in [0.717, 1.165) is 11.4 Å². The molecule has 2 rings (SSSR count). The van der Waals surface area contributed by atoms with Crippen LogP contribution in [-0.2, 0) is 16.4 Å². The lowest BCUT2D eigenvalue weighted by Gasteiger charge is -2.31. The molecule has 0 aliphatic carbocycles. The van der Waals surface area contributed by atoms with Crippen molar-refractivity contribution in [2.45, 2.75) is 26.2 Å². The molecule has 3 N–H and O–H groups in total. The zero-order valence-electron chi connectivity index (χ0n) is 13.4. The number of amides is 2. The molecular weight excluding hydrogens is 316 g/mol. The van der Waals surface area contributed by atoms with Crippen molar-refractivity contribution in [2.75, 3.05) is 25.4 Å². The predicted molar refractivity (Wildman–Crippen MR) is 88.3 cm³/mol. The van der Waals surface area contributed by atoms with E-state index in [9.17, 15) is 13.2 Å². The first kappa shape index (κ1) is 17.7. The van der Waals surface area contributed by atoms with E-state index < -0.39 is 10.0 Å². The summed E-state index contributed by atoms with van der Waals surface area (Å²) < 4.78 is 22.2. The molecule has 0 atom stereocenters. The van der Waals surface area contributed by atoms with Gasteiger partial charge in [-0.3, -0.25) is 4.98 Å². The van der Waals surface area contributed by atoms with E-state index in [1.807, 2.05) is 25.1 Å². The van der Waals surface area contributed by atoms with Crippen LogP contribution in [0.3, 0.4) is 0 Å². The maximum atomic E-state index is 12.1. The van der Waals surface area contributed by atoms with E-state index in [-0.39, 0.29) is 17.7 Å². The average Bonchev–Trinajstić information content (AvgIpc) is 2.46. The van der Waals surface area contributed by atoms with Gasteiger partial charge in [0.25, 0.3) is 0 Å². The Hall–Kier alpha value is -1.67. The highest BCUT2D eigenvalue weighted by atomic mass is 32.2. The maximum Gasteiger partial charge on any atom is 0.317 e. The van der Waals surface area contributed by atoms with Crippen LogP contribution in [0.5, 0.6) is 0 Å². The number of hydrogen-bond donors (Lipinski definition) is 2. The molecule has 7 nitrogen and oxygen atoms in total. The Morgan fingerprint density at radius 2 is 2.09 bits per heavy atom. The number of aromatic nitrogens is 1. The number of primary sulfonamides is 1. The summed E-state index contributed by atoms with van der Waals surface area (Å²) in [5, 5.41) is 7.95. The molecule has 0 unspecified atom stereocenters. The Morgan fingerprint density at radius 3 is 2.70 bits per heavy atom. The quantitative estimate of drug-likeness (QED) is 0.820. The number of aryl methyl sites for hydroxylation is 1. The summed E-state index contributed by atoms with van der Waals surface area (Å²) in [7, 11) is -3.44. The van der Waals surface area contributed by atoms with Crippen molar-refractivity contribution < 1.29 is 13.2 Å². The van der Waals surface area contributed by atoms with Crippen LogP contribution in [0, 0.1) is 12.8 Å². The number of carbonyl (C=O) groups is 1. The Bertz CT molecular complexity index is 640. The topological polar surface area (TPSA) is 105 Å². The molecule has 0 saturated carbocycles. The van der Waals surface area contributed by atoms with E-state index >= 15 is 0 Å². The summed E-state index contributed by atoms with van der Waals surface area (Å²) in [6.07, 6.45) is 2.03. The number of piperidine rings is 1. The standard InChI is InChI=1S/C15H24N4O3S/c1-12-3-2-4-14(18-12)5-8-17-15(20)19-9-6-13(7-10-19)11-23(16,21)22/h2-4,13H,5-11H2,1H3,(H,17,20)(H2,16,21,22). The number of nitrogens with zero attached hydrogens (tertiary/aromatic N) is 2. The second-order valence-corrected chi connectivity index (χ2v) is 7.67. The number of urea groups is 1. The van der Waals surface area contributed by atoms with Gasteiger partial charge >= 0.3 is 6.03 Å². The normalized spacial score (nSPS) is 16.3. The lowest BCUT2D eigenvalue weighted by Crippen LogP contribution is -2.46. The molecule has 0 spiro atoms. The van der Waals surface area contributed by atoms with Crippen molar-refractivity contribution in [1.29, 1.82) is 0 Å². The minimum Gasteiger partial charge on any atom is -0.338 e. The van der Waals surface area contributed by atoms with Gasteiger partial charge in [-0.05, 0) is 37.8 Å². The fourth-order valence-electron chi connectivity index (χ4n) is 2.78. The van der Waals surface area contributed by atoms with Gasteiger partial charge < -0.3 is 10.2 Å². The Morgan fingerprint density at radius 1 is 1.39 bits per heavy atom. The Balaban J connectivity index is 1.71. The highest BCUT2D eigenvalue weighted by Crippen LogP contribution is 2.18. The third-order valence-corrected chi connectivity index (χ3v) is 4.91. The molecule has 1 fully saturated rings. The maximum absolute atomic E-state index is 12.1.